The lowest BCUT2D eigenvalue weighted by molar-refractivity contribution is -0.148. The monoisotopic (exact) mass is 280 g/mol. The van der Waals surface area contributed by atoms with E-state index in [4.69, 9.17) is 4.74 Å². The molecule has 1 aromatic heterocycles. The largest absolute Gasteiger partial charge is 0.466 e. The topological polar surface area (TPSA) is 51.5 Å². The highest BCUT2D eigenvalue weighted by Crippen LogP contribution is 2.42. The third-order valence-electron chi connectivity index (χ3n) is 3.03. The number of aliphatic imine (C=N–C) groups is 1. The molecule has 2 aliphatic heterocycles. The summed E-state index contributed by atoms with van der Waals surface area (Å²) in [5, 5.41) is 0. The molecule has 1 atom stereocenters. The molecule has 1 aromatic rings. The molecule has 1 saturated heterocycles. The number of rotatable bonds is 0. The van der Waals surface area contributed by atoms with Gasteiger partial charge in [0.25, 0.3) is 0 Å². The van der Waals surface area contributed by atoms with Crippen molar-refractivity contribution in [1.29, 1.82) is 0 Å². The average Bonchev–Trinajstić information content (AvgIpc) is 2.57. The zero-order valence-electron chi connectivity index (χ0n) is 8.44. The summed E-state index contributed by atoms with van der Waals surface area (Å²) in [5.41, 5.74) is 1.42. The molecular weight excluding hydrogens is 272 g/mol. The number of pyridine rings is 1. The van der Waals surface area contributed by atoms with Crippen LogP contribution in [-0.4, -0.2) is 23.8 Å². The molecule has 1 spiro atoms. The highest BCUT2D eigenvalue weighted by molar-refractivity contribution is 9.10. The molecule has 3 rings (SSSR count). The standard InChI is InChI=1S/C11H9BrN2O2/c12-7-3-8-10(13-5-7)11(6-14-8)1-2-16-9(15)4-11/h3,5-6H,1-2,4H2. The Morgan fingerprint density at radius 1 is 1.50 bits per heavy atom. The first kappa shape index (κ1) is 9.96. The quantitative estimate of drug-likeness (QED) is 0.684. The molecule has 4 nitrogen and oxygen atoms in total. The molecule has 5 heteroatoms. The van der Waals surface area contributed by atoms with Crippen LogP contribution in [0.2, 0.25) is 0 Å². The molecule has 3 heterocycles. The van der Waals surface area contributed by atoms with Crippen molar-refractivity contribution in [3.8, 4) is 0 Å². The minimum absolute atomic E-state index is 0.171. The number of esters is 1. The van der Waals surface area contributed by atoms with E-state index in [2.05, 4.69) is 25.9 Å². The van der Waals surface area contributed by atoms with Crippen molar-refractivity contribution in [2.24, 2.45) is 4.99 Å². The van der Waals surface area contributed by atoms with Crippen molar-refractivity contribution in [3.05, 3.63) is 22.4 Å². The first-order valence-corrected chi connectivity index (χ1v) is 5.86. The molecule has 16 heavy (non-hydrogen) atoms. The maximum absolute atomic E-state index is 11.4. The van der Waals surface area contributed by atoms with Crippen LogP contribution in [0.25, 0.3) is 0 Å². The summed E-state index contributed by atoms with van der Waals surface area (Å²) in [4.78, 5) is 20.1. The van der Waals surface area contributed by atoms with Gasteiger partial charge >= 0.3 is 5.97 Å². The van der Waals surface area contributed by atoms with Crippen LogP contribution in [0.1, 0.15) is 18.5 Å². The van der Waals surface area contributed by atoms with E-state index in [0.29, 0.717) is 13.0 Å². The van der Waals surface area contributed by atoms with Crippen LogP contribution < -0.4 is 0 Å². The van der Waals surface area contributed by atoms with Crippen molar-refractivity contribution in [2.45, 2.75) is 18.3 Å². The van der Waals surface area contributed by atoms with E-state index < -0.39 is 0 Å². The Kier molecular flexibility index (Phi) is 2.10. The second-order valence-corrected chi connectivity index (χ2v) is 5.00. The van der Waals surface area contributed by atoms with Crippen molar-refractivity contribution in [3.63, 3.8) is 0 Å². The number of hydrogen-bond donors (Lipinski definition) is 0. The number of hydrogen-bond acceptors (Lipinski definition) is 4. The van der Waals surface area contributed by atoms with Gasteiger partial charge in [-0.2, -0.15) is 0 Å². The fourth-order valence-corrected chi connectivity index (χ4v) is 2.54. The number of nitrogens with zero attached hydrogens (tertiary/aromatic N) is 2. The molecule has 1 fully saturated rings. The summed E-state index contributed by atoms with van der Waals surface area (Å²) in [6, 6.07) is 1.92. The van der Waals surface area contributed by atoms with Gasteiger partial charge in [0.15, 0.2) is 0 Å². The van der Waals surface area contributed by atoms with Gasteiger partial charge < -0.3 is 4.74 Å². The minimum atomic E-state index is -0.328. The van der Waals surface area contributed by atoms with E-state index in [1.54, 1.807) is 6.20 Å². The van der Waals surface area contributed by atoms with Crippen LogP contribution in [0.3, 0.4) is 0 Å². The minimum Gasteiger partial charge on any atom is -0.466 e. The molecule has 1 unspecified atom stereocenters. The lowest BCUT2D eigenvalue weighted by atomic mass is 9.79. The van der Waals surface area contributed by atoms with Gasteiger partial charge in [0, 0.05) is 16.9 Å². The zero-order valence-corrected chi connectivity index (χ0v) is 10.0. The van der Waals surface area contributed by atoms with Crippen LogP contribution in [-0.2, 0) is 14.9 Å². The second-order valence-electron chi connectivity index (χ2n) is 4.08. The second kappa shape index (κ2) is 3.38. The smallest absolute Gasteiger partial charge is 0.307 e. The van der Waals surface area contributed by atoms with Crippen molar-refractivity contribution < 1.29 is 9.53 Å². The van der Waals surface area contributed by atoms with E-state index in [0.717, 1.165) is 22.3 Å². The van der Waals surface area contributed by atoms with Gasteiger partial charge in [0.2, 0.25) is 0 Å². The number of fused-ring (bicyclic) bond motifs is 2. The Morgan fingerprint density at radius 3 is 3.19 bits per heavy atom. The highest BCUT2D eigenvalue weighted by atomic mass is 79.9. The van der Waals surface area contributed by atoms with Gasteiger partial charge in [0.05, 0.1) is 29.8 Å². The zero-order chi connectivity index (χ0) is 11.2. The Hall–Kier alpha value is -1.23. The van der Waals surface area contributed by atoms with Crippen LogP contribution >= 0.6 is 15.9 Å². The fourth-order valence-electron chi connectivity index (χ4n) is 2.22. The van der Waals surface area contributed by atoms with E-state index in [1.165, 1.54) is 0 Å². The molecular formula is C11H9BrN2O2. The van der Waals surface area contributed by atoms with Crippen LogP contribution in [0.15, 0.2) is 21.7 Å². The molecule has 0 aromatic carbocycles. The lowest BCUT2D eigenvalue weighted by Gasteiger charge is -2.29. The van der Waals surface area contributed by atoms with Gasteiger partial charge in [-0.15, -0.1) is 0 Å². The summed E-state index contributed by atoms with van der Waals surface area (Å²) in [7, 11) is 0. The van der Waals surface area contributed by atoms with Gasteiger partial charge in [-0.3, -0.25) is 14.8 Å². The molecule has 0 N–H and O–H groups in total. The lowest BCUT2D eigenvalue weighted by Crippen LogP contribution is -2.36. The third kappa shape index (κ3) is 1.38. The molecule has 0 radical (unpaired) electrons. The first-order valence-electron chi connectivity index (χ1n) is 5.06. The summed E-state index contributed by atoms with van der Waals surface area (Å²) in [6.45, 7) is 0.446. The summed E-state index contributed by atoms with van der Waals surface area (Å²) >= 11 is 3.36. The Labute approximate surface area is 101 Å². The molecule has 0 amide bonds. The number of ether oxygens (including phenoxy) is 1. The normalized spacial score (nSPS) is 26.9. The molecule has 0 saturated carbocycles. The van der Waals surface area contributed by atoms with Gasteiger partial charge in [0.1, 0.15) is 0 Å². The molecule has 0 aliphatic carbocycles. The van der Waals surface area contributed by atoms with Crippen molar-refractivity contribution in [1.82, 2.24) is 4.98 Å². The fraction of sp³-hybridized carbons (Fsp3) is 0.364. The van der Waals surface area contributed by atoms with Crippen molar-refractivity contribution in [2.75, 3.05) is 6.61 Å². The highest BCUT2D eigenvalue weighted by Gasteiger charge is 2.43. The first-order chi connectivity index (χ1) is 7.70. The van der Waals surface area contributed by atoms with Crippen LogP contribution in [0.4, 0.5) is 5.69 Å². The number of aromatic nitrogens is 1. The summed E-state index contributed by atoms with van der Waals surface area (Å²) in [6.07, 6.45) is 4.70. The number of cyclic esters (lactones) is 1. The Balaban J connectivity index is 2.08. The summed E-state index contributed by atoms with van der Waals surface area (Å²) < 4.78 is 5.87. The molecule has 2 aliphatic rings. The number of carbonyl (C=O) groups is 1. The van der Waals surface area contributed by atoms with E-state index in [1.807, 2.05) is 12.3 Å². The third-order valence-corrected chi connectivity index (χ3v) is 3.46. The SMILES string of the molecule is O=C1CC2(C=Nc3cc(Br)cnc32)CCO1. The van der Waals surface area contributed by atoms with Gasteiger partial charge in [-0.05, 0) is 28.4 Å². The van der Waals surface area contributed by atoms with Gasteiger partial charge in [-0.25, -0.2) is 0 Å². The maximum Gasteiger partial charge on any atom is 0.307 e. The average molecular weight is 281 g/mol. The number of halogens is 1. The number of carbonyl (C=O) groups excluding carboxylic acids is 1. The van der Waals surface area contributed by atoms with Crippen LogP contribution in [0, 0.1) is 0 Å². The van der Waals surface area contributed by atoms with E-state index >= 15 is 0 Å². The molecule has 0 bridgehead atoms. The Morgan fingerprint density at radius 2 is 2.38 bits per heavy atom. The maximum atomic E-state index is 11.4. The van der Waals surface area contributed by atoms with Gasteiger partial charge in [-0.1, -0.05) is 0 Å². The predicted molar refractivity (Wildman–Crippen MR) is 62.0 cm³/mol. The summed E-state index contributed by atoms with van der Waals surface area (Å²) in [5.74, 6) is -0.171. The Bertz CT molecular complexity index is 501. The molecule has 82 valence electrons. The van der Waals surface area contributed by atoms with Crippen LogP contribution in [0.5, 0.6) is 0 Å². The van der Waals surface area contributed by atoms with E-state index in [9.17, 15) is 4.79 Å². The van der Waals surface area contributed by atoms with Crippen molar-refractivity contribution >= 4 is 33.8 Å². The van der Waals surface area contributed by atoms with E-state index in [-0.39, 0.29) is 11.4 Å². The predicted octanol–water partition coefficient (Wildman–Crippen LogP) is 2.13.